The monoisotopic (exact) mass is 474 g/mol. The van der Waals surface area contributed by atoms with E-state index in [1.54, 1.807) is 36.8 Å². The molecule has 3 aromatic heterocycles. The quantitative estimate of drug-likeness (QED) is 0.424. The Hall–Kier alpha value is -3.11. The Bertz CT molecular complexity index is 1400. The number of fused-ring (bicyclic) bond motifs is 2. The number of aromatic nitrogens is 5. The molecule has 33 heavy (non-hydrogen) atoms. The molecular weight excluding hydrogens is 454 g/mol. The maximum Gasteiger partial charge on any atom is 0.231 e. The van der Waals surface area contributed by atoms with Gasteiger partial charge in [-0.25, -0.2) is 13.8 Å². The normalized spacial score (nSPS) is 18.2. The summed E-state index contributed by atoms with van der Waals surface area (Å²) in [5.41, 5.74) is 1.02. The fourth-order valence-electron chi connectivity index (χ4n) is 4.11. The summed E-state index contributed by atoms with van der Waals surface area (Å²) in [6, 6.07) is 0. The molecule has 1 aromatic carbocycles. The summed E-state index contributed by atoms with van der Waals surface area (Å²) in [6.45, 7) is 5.76. The number of hydrogen-bond acceptors (Lipinski definition) is 5. The number of amides is 1. The van der Waals surface area contributed by atoms with Gasteiger partial charge in [0.25, 0.3) is 0 Å². The summed E-state index contributed by atoms with van der Waals surface area (Å²) >= 11 is 6.53. The Morgan fingerprint density at radius 2 is 2.15 bits per heavy atom. The van der Waals surface area contributed by atoms with Crippen molar-refractivity contribution in [3.05, 3.63) is 41.2 Å². The lowest BCUT2D eigenvalue weighted by atomic mass is 9.92. The molecule has 8 nitrogen and oxygen atoms in total. The predicted octanol–water partition coefficient (Wildman–Crippen LogP) is 4.63. The van der Waals surface area contributed by atoms with Crippen LogP contribution < -0.4 is 5.32 Å². The number of halogens is 3. The molecule has 5 rings (SSSR count). The number of rotatable bonds is 6. The number of anilines is 1. The zero-order valence-electron chi connectivity index (χ0n) is 18.1. The van der Waals surface area contributed by atoms with Crippen molar-refractivity contribution in [1.82, 2.24) is 24.6 Å². The summed E-state index contributed by atoms with van der Waals surface area (Å²) < 4.78 is 36.1. The van der Waals surface area contributed by atoms with Crippen LogP contribution in [-0.4, -0.2) is 43.3 Å². The van der Waals surface area contributed by atoms with Gasteiger partial charge in [0.15, 0.2) is 17.3 Å². The van der Waals surface area contributed by atoms with Gasteiger partial charge in [-0.1, -0.05) is 11.6 Å². The SMILES string of the molecule is CCOC(C)(C)c1c(F)c(Cl)c(-c2cn3cc(NC(=O)[C@@H]4C[C@@H]4F)nc3cn2)c2cn[nH]c12. The fourth-order valence-corrected chi connectivity index (χ4v) is 4.40. The van der Waals surface area contributed by atoms with Crippen molar-refractivity contribution < 1.29 is 18.3 Å². The Balaban J connectivity index is 1.59. The van der Waals surface area contributed by atoms with Crippen LogP contribution in [0.5, 0.6) is 0 Å². The zero-order valence-corrected chi connectivity index (χ0v) is 18.9. The van der Waals surface area contributed by atoms with Gasteiger partial charge in [-0.2, -0.15) is 5.10 Å². The minimum atomic E-state index is -1.10. The predicted molar refractivity (Wildman–Crippen MR) is 119 cm³/mol. The number of benzene rings is 1. The number of carbonyl (C=O) groups is 1. The standard InChI is InChI=1S/C22H21ClF2N6O2/c1-4-33-22(2,3)17-19(25)18(23)16(11-6-27-30-20(11)17)13-8-31-9-14(28-15(31)7-26-13)29-21(32)10-5-12(10)24/h6-10,12H,4-5H2,1-3H3,(H,27,30)(H,29,32)/t10-,12+/m1/s1. The number of ether oxygens (including phenoxy) is 1. The second kappa shape index (κ2) is 7.74. The van der Waals surface area contributed by atoms with Crippen molar-refractivity contribution in [2.45, 2.75) is 39.0 Å². The van der Waals surface area contributed by atoms with E-state index in [1.165, 1.54) is 6.20 Å². The maximum absolute atomic E-state index is 15.6. The third-order valence-electron chi connectivity index (χ3n) is 5.80. The number of H-pyrrole nitrogens is 1. The van der Waals surface area contributed by atoms with E-state index in [1.807, 2.05) is 6.92 Å². The lowest BCUT2D eigenvalue weighted by Crippen LogP contribution is -2.24. The van der Waals surface area contributed by atoms with Gasteiger partial charge in [-0.3, -0.25) is 14.9 Å². The Morgan fingerprint density at radius 1 is 1.39 bits per heavy atom. The second-order valence-electron chi connectivity index (χ2n) is 8.49. The van der Waals surface area contributed by atoms with E-state index in [9.17, 15) is 9.18 Å². The van der Waals surface area contributed by atoms with Crippen LogP contribution in [0.1, 0.15) is 32.8 Å². The molecule has 0 aliphatic heterocycles. The van der Waals surface area contributed by atoms with Crippen LogP contribution in [0.2, 0.25) is 5.02 Å². The highest BCUT2D eigenvalue weighted by molar-refractivity contribution is 6.35. The van der Waals surface area contributed by atoms with Gasteiger partial charge in [0.05, 0.1) is 46.3 Å². The average Bonchev–Trinajstić information content (AvgIpc) is 3.12. The molecule has 172 valence electrons. The number of imidazole rings is 1. The first-order chi connectivity index (χ1) is 15.7. The molecule has 0 spiro atoms. The topological polar surface area (TPSA) is 97.2 Å². The van der Waals surface area contributed by atoms with E-state index in [0.717, 1.165) is 0 Å². The molecule has 11 heteroatoms. The van der Waals surface area contributed by atoms with Gasteiger partial charge in [-0.15, -0.1) is 0 Å². The Morgan fingerprint density at radius 3 is 2.85 bits per heavy atom. The van der Waals surface area contributed by atoms with Crippen LogP contribution in [0.3, 0.4) is 0 Å². The highest BCUT2D eigenvalue weighted by atomic mass is 35.5. The molecule has 1 aliphatic carbocycles. The highest BCUT2D eigenvalue weighted by Crippen LogP contribution is 2.42. The molecule has 0 radical (unpaired) electrons. The highest BCUT2D eigenvalue weighted by Gasteiger charge is 2.43. The van der Waals surface area contributed by atoms with Crippen LogP contribution >= 0.6 is 11.6 Å². The van der Waals surface area contributed by atoms with Gasteiger partial charge in [-0.05, 0) is 27.2 Å². The molecular formula is C22H21ClF2N6O2. The van der Waals surface area contributed by atoms with Gasteiger partial charge in [0.1, 0.15) is 6.17 Å². The first-order valence-corrected chi connectivity index (χ1v) is 10.9. The van der Waals surface area contributed by atoms with Crippen LogP contribution in [0, 0.1) is 11.7 Å². The number of nitrogens with one attached hydrogen (secondary N) is 2. The molecule has 1 amide bonds. The zero-order chi connectivity index (χ0) is 23.5. The summed E-state index contributed by atoms with van der Waals surface area (Å²) in [5.74, 6) is -1.37. The molecule has 1 saturated carbocycles. The maximum atomic E-state index is 15.6. The van der Waals surface area contributed by atoms with Crippen LogP contribution in [0.25, 0.3) is 27.8 Å². The van der Waals surface area contributed by atoms with Crippen LogP contribution in [0.4, 0.5) is 14.6 Å². The van der Waals surface area contributed by atoms with E-state index in [2.05, 4.69) is 25.5 Å². The summed E-state index contributed by atoms with van der Waals surface area (Å²) in [7, 11) is 0. The van der Waals surface area contributed by atoms with Crippen LogP contribution in [0.15, 0.2) is 24.8 Å². The minimum absolute atomic E-state index is 0.102. The molecule has 1 fully saturated rings. The smallest absolute Gasteiger partial charge is 0.231 e. The summed E-state index contributed by atoms with van der Waals surface area (Å²) in [6.07, 6.45) is 5.39. The lowest BCUT2D eigenvalue weighted by molar-refractivity contribution is -0.117. The lowest BCUT2D eigenvalue weighted by Gasteiger charge is -2.27. The minimum Gasteiger partial charge on any atom is -0.371 e. The number of aromatic amines is 1. The first kappa shape index (κ1) is 21.7. The van der Waals surface area contributed by atoms with Gasteiger partial charge < -0.3 is 14.5 Å². The fraction of sp³-hybridized carbons (Fsp3) is 0.364. The first-order valence-electron chi connectivity index (χ1n) is 10.5. The van der Waals surface area contributed by atoms with Gasteiger partial charge >= 0.3 is 0 Å². The summed E-state index contributed by atoms with van der Waals surface area (Å²) in [5, 5.41) is 10.1. The molecule has 4 aromatic rings. The van der Waals surface area contributed by atoms with E-state index in [4.69, 9.17) is 16.3 Å². The average molecular weight is 475 g/mol. The molecule has 3 heterocycles. The molecule has 2 N–H and O–H groups in total. The van der Waals surface area contributed by atoms with E-state index >= 15 is 4.39 Å². The van der Waals surface area contributed by atoms with Crippen molar-refractivity contribution >= 4 is 39.9 Å². The number of hydrogen-bond donors (Lipinski definition) is 2. The molecule has 0 unspecified atom stereocenters. The Labute approximate surface area is 192 Å². The van der Waals surface area contributed by atoms with E-state index < -0.39 is 29.4 Å². The van der Waals surface area contributed by atoms with Crippen molar-refractivity contribution in [2.75, 3.05) is 11.9 Å². The van der Waals surface area contributed by atoms with Crippen molar-refractivity contribution in [2.24, 2.45) is 5.92 Å². The molecule has 2 atom stereocenters. The van der Waals surface area contributed by atoms with E-state index in [-0.39, 0.29) is 22.8 Å². The van der Waals surface area contributed by atoms with Crippen molar-refractivity contribution in [1.29, 1.82) is 0 Å². The molecule has 0 saturated heterocycles. The third kappa shape index (κ3) is 3.63. The number of nitrogens with zero attached hydrogens (tertiary/aromatic N) is 4. The Kier molecular flexibility index (Phi) is 5.09. The van der Waals surface area contributed by atoms with Crippen molar-refractivity contribution in [3.8, 4) is 11.3 Å². The molecule has 0 bridgehead atoms. The summed E-state index contributed by atoms with van der Waals surface area (Å²) in [4.78, 5) is 20.7. The second-order valence-corrected chi connectivity index (χ2v) is 8.87. The van der Waals surface area contributed by atoms with Gasteiger partial charge in [0.2, 0.25) is 5.91 Å². The molecule has 1 aliphatic rings. The van der Waals surface area contributed by atoms with Crippen molar-refractivity contribution in [3.63, 3.8) is 0 Å². The number of alkyl halides is 1. The number of carbonyl (C=O) groups excluding carboxylic acids is 1. The largest absolute Gasteiger partial charge is 0.371 e. The van der Waals surface area contributed by atoms with Crippen LogP contribution in [-0.2, 0) is 15.1 Å². The van der Waals surface area contributed by atoms with E-state index in [0.29, 0.717) is 34.4 Å². The third-order valence-corrected chi connectivity index (χ3v) is 6.15. The van der Waals surface area contributed by atoms with Gasteiger partial charge in [0, 0.05) is 29.3 Å².